The van der Waals surface area contributed by atoms with E-state index in [1.165, 1.54) is 12.0 Å². The minimum Gasteiger partial charge on any atom is -0.494 e. The average Bonchev–Trinajstić information content (AvgIpc) is 2.39. The van der Waals surface area contributed by atoms with E-state index in [0.717, 1.165) is 25.2 Å². The van der Waals surface area contributed by atoms with Crippen LogP contribution >= 0.6 is 0 Å². The quantitative estimate of drug-likeness (QED) is 0.693. The first-order chi connectivity index (χ1) is 8.67. The molecule has 0 aliphatic rings. The van der Waals surface area contributed by atoms with E-state index in [4.69, 9.17) is 4.74 Å². The van der Waals surface area contributed by atoms with Gasteiger partial charge in [-0.2, -0.15) is 0 Å². The molecular weight excluding hydrogens is 222 g/mol. The van der Waals surface area contributed by atoms with E-state index in [0.29, 0.717) is 12.1 Å². The molecule has 0 bridgehead atoms. The van der Waals surface area contributed by atoms with Crippen LogP contribution in [-0.2, 0) is 0 Å². The van der Waals surface area contributed by atoms with Crippen molar-refractivity contribution in [2.45, 2.75) is 59.0 Å². The Morgan fingerprint density at radius 1 is 1.22 bits per heavy atom. The fourth-order valence-corrected chi connectivity index (χ4v) is 1.85. The number of rotatable bonds is 8. The molecule has 1 aromatic carbocycles. The second-order valence-corrected chi connectivity index (χ2v) is 4.97. The van der Waals surface area contributed by atoms with Crippen molar-refractivity contribution in [3.05, 3.63) is 29.8 Å². The van der Waals surface area contributed by atoms with Gasteiger partial charge in [0.25, 0.3) is 0 Å². The van der Waals surface area contributed by atoms with Crippen LogP contribution in [0.4, 0.5) is 0 Å². The molecule has 0 spiro atoms. The molecule has 0 amide bonds. The van der Waals surface area contributed by atoms with E-state index in [9.17, 15) is 0 Å². The number of ether oxygens (including phenoxy) is 1. The van der Waals surface area contributed by atoms with Gasteiger partial charge >= 0.3 is 0 Å². The highest BCUT2D eigenvalue weighted by molar-refractivity contribution is 5.30. The highest BCUT2D eigenvalue weighted by Gasteiger charge is 2.08. The summed E-state index contributed by atoms with van der Waals surface area (Å²) in [6.45, 7) is 9.62. The van der Waals surface area contributed by atoms with E-state index in [2.05, 4.69) is 51.2 Å². The zero-order valence-electron chi connectivity index (χ0n) is 12.2. The molecule has 1 aromatic rings. The summed E-state index contributed by atoms with van der Waals surface area (Å²) in [4.78, 5) is 0. The lowest BCUT2D eigenvalue weighted by Crippen LogP contribution is -2.28. The van der Waals surface area contributed by atoms with Gasteiger partial charge in [0.15, 0.2) is 0 Å². The summed E-state index contributed by atoms with van der Waals surface area (Å²) >= 11 is 0. The van der Waals surface area contributed by atoms with Gasteiger partial charge in [0.05, 0.1) is 6.61 Å². The first-order valence-corrected chi connectivity index (χ1v) is 7.16. The van der Waals surface area contributed by atoms with Gasteiger partial charge in [-0.25, -0.2) is 0 Å². The lowest BCUT2D eigenvalue weighted by molar-refractivity contribution is 0.308. The maximum atomic E-state index is 5.74. The second-order valence-electron chi connectivity index (χ2n) is 4.97. The number of benzene rings is 1. The van der Waals surface area contributed by atoms with Crippen LogP contribution in [0.5, 0.6) is 5.75 Å². The SMILES string of the molecule is CCCCOc1cccc([C@H](C)N[C@H](C)CC)c1. The van der Waals surface area contributed by atoms with Crippen molar-refractivity contribution >= 4 is 0 Å². The highest BCUT2D eigenvalue weighted by Crippen LogP contribution is 2.20. The molecule has 1 rings (SSSR count). The van der Waals surface area contributed by atoms with E-state index in [1.54, 1.807) is 0 Å². The van der Waals surface area contributed by atoms with Gasteiger partial charge in [-0.15, -0.1) is 0 Å². The third-order valence-corrected chi connectivity index (χ3v) is 3.27. The average molecular weight is 249 g/mol. The third-order valence-electron chi connectivity index (χ3n) is 3.27. The standard InChI is InChI=1S/C16H27NO/c1-5-7-11-18-16-10-8-9-15(12-16)14(4)17-13(3)6-2/h8-10,12-14,17H,5-7,11H2,1-4H3/t13-,14+/m1/s1. The normalized spacial score (nSPS) is 14.2. The Labute approximate surface area is 112 Å². The Morgan fingerprint density at radius 2 is 2.00 bits per heavy atom. The molecule has 102 valence electrons. The van der Waals surface area contributed by atoms with E-state index in [-0.39, 0.29) is 0 Å². The summed E-state index contributed by atoms with van der Waals surface area (Å²) in [6.07, 6.45) is 3.44. The molecule has 0 aromatic heterocycles. The van der Waals surface area contributed by atoms with Gasteiger partial charge in [-0.05, 0) is 44.4 Å². The van der Waals surface area contributed by atoms with E-state index in [1.807, 2.05) is 6.07 Å². The van der Waals surface area contributed by atoms with Gasteiger partial charge < -0.3 is 10.1 Å². The molecule has 0 saturated heterocycles. The first kappa shape index (κ1) is 15.0. The van der Waals surface area contributed by atoms with Gasteiger partial charge in [0.2, 0.25) is 0 Å². The maximum absolute atomic E-state index is 5.74. The molecular formula is C16H27NO. The fourth-order valence-electron chi connectivity index (χ4n) is 1.85. The van der Waals surface area contributed by atoms with E-state index < -0.39 is 0 Å². The van der Waals surface area contributed by atoms with Crippen molar-refractivity contribution in [1.82, 2.24) is 5.32 Å². The summed E-state index contributed by atoms with van der Waals surface area (Å²) in [5.74, 6) is 0.985. The predicted molar refractivity (Wildman–Crippen MR) is 78.1 cm³/mol. The van der Waals surface area contributed by atoms with Crippen molar-refractivity contribution in [3.63, 3.8) is 0 Å². The minimum atomic E-state index is 0.370. The van der Waals surface area contributed by atoms with Crippen molar-refractivity contribution in [3.8, 4) is 5.75 Å². The van der Waals surface area contributed by atoms with Crippen LogP contribution in [0.1, 0.15) is 58.6 Å². The number of unbranched alkanes of at least 4 members (excludes halogenated alkanes) is 1. The lowest BCUT2D eigenvalue weighted by Gasteiger charge is -2.19. The topological polar surface area (TPSA) is 21.3 Å². The lowest BCUT2D eigenvalue weighted by atomic mass is 10.1. The van der Waals surface area contributed by atoms with Gasteiger partial charge in [0.1, 0.15) is 5.75 Å². The molecule has 0 saturated carbocycles. The summed E-state index contributed by atoms with van der Waals surface area (Å²) in [5, 5.41) is 3.58. The molecule has 1 N–H and O–H groups in total. The molecule has 0 fully saturated rings. The zero-order valence-corrected chi connectivity index (χ0v) is 12.2. The molecule has 0 heterocycles. The van der Waals surface area contributed by atoms with Gasteiger partial charge in [0, 0.05) is 12.1 Å². The molecule has 2 atom stereocenters. The summed E-state index contributed by atoms with van der Waals surface area (Å²) in [6, 6.07) is 9.34. The number of nitrogens with one attached hydrogen (secondary N) is 1. The third kappa shape index (κ3) is 5.09. The highest BCUT2D eigenvalue weighted by atomic mass is 16.5. The zero-order chi connectivity index (χ0) is 13.4. The predicted octanol–water partition coefficient (Wildman–Crippen LogP) is 4.31. The van der Waals surface area contributed by atoms with Crippen LogP contribution in [0.25, 0.3) is 0 Å². The largest absolute Gasteiger partial charge is 0.494 e. The van der Waals surface area contributed by atoms with Gasteiger partial charge in [-0.3, -0.25) is 0 Å². The Kier molecular flexibility index (Phi) is 6.81. The Hall–Kier alpha value is -1.02. The van der Waals surface area contributed by atoms with Gasteiger partial charge in [-0.1, -0.05) is 32.4 Å². The molecule has 18 heavy (non-hydrogen) atoms. The van der Waals surface area contributed by atoms with Crippen molar-refractivity contribution in [2.24, 2.45) is 0 Å². The molecule has 0 aliphatic carbocycles. The maximum Gasteiger partial charge on any atom is 0.119 e. The summed E-state index contributed by atoms with van der Waals surface area (Å²) in [7, 11) is 0. The molecule has 2 nitrogen and oxygen atoms in total. The second kappa shape index (κ2) is 8.15. The van der Waals surface area contributed by atoms with Crippen LogP contribution in [0.2, 0.25) is 0 Å². The molecule has 0 aliphatic heterocycles. The minimum absolute atomic E-state index is 0.370. The monoisotopic (exact) mass is 249 g/mol. The molecule has 0 radical (unpaired) electrons. The van der Waals surface area contributed by atoms with Crippen molar-refractivity contribution < 1.29 is 4.74 Å². The smallest absolute Gasteiger partial charge is 0.119 e. The van der Waals surface area contributed by atoms with Crippen LogP contribution in [0.15, 0.2) is 24.3 Å². The molecule has 0 unspecified atom stereocenters. The number of hydrogen-bond donors (Lipinski definition) is 1. The van der Waals surface area contributed by atoms with E-state index >= 15 is 0 Å². The van der Waals surface area contributed by atoms with Crippen LogP contribution < -0.4 is 10.1 Å². The van der Waals surface area contributed by atoms with Crippen LogP contribution in [0.3, 0.4) is 0 Å². The number of hydrogen-bond acceptors (Lipinski definition) is 2. The summed E-state index contributed by atoms with van der Waals surface area (Å²) in [5.41, 5.74) is 1.30. The van der Waals surface area contributed by atoms with Crippen molar-refractivity contribution in [1.29, 1.82) is 0 Å². The first-order valence-electron chi connectivity index (χ1n) is 7.16. The Balaban J connectivity index is 2.57. The van der Waals surface area contributed by atoms with Crippen molar-refractivity contribution in [2.75, 3.05) is 6.61 Å². The molecule has 2 heteroatoms. The fraction of sp³-hybridized carbons (Fsp3) is 0.625. The van der Waals surface area contributed by atoms with Crippen LogP contribution in [0, 0.1) is 0 Å². The van der Waals surface area contributed by atoms with Crippen LogP contribution in [-0.4, -0.2) is 12.6 Å². The Morgan fingerprint density at radius 3 is 2.67 bits per heavy atom. The summed E-state index contributed by atoms with van der Waals surface area (Å²) < 4.78 is 5.74. The Bertz CT molecular complexity index is 338.